The van der Waals surface area contributed by atoms with Gasteiger partial charge in [-0.15, -0.1) is 0 Å². The summed E-state index contributed by atoms with van der Waals surface area (Å²) in [5.41, 5.74) is 1.40. The van der Waals surface area contributed by atoms with E-state index in [1.54, 1.807) is 42.6 Å². The number of hydrogen-bond acceptors (Lipinski definition) is 5. The molecule has 0 saturated heterocycles. The zero-order valence-corrected chi connectivity index (χ0v) is 16.2. The molecule has 1 amide bonds. The molecule has 0 radical (unpaired) electrons. The fraction of sp³-hybridized carbons (Fsp3) is 0.278. The van der Waals surface area contributed by atoms with Gasteiger partial charge in [-0.05, 0) is 30.3 Å². The minimum Gasteiger partial charge on any atom is -0.331 e. The molecule has 1 N–H and O–H groups in total. The molecule has 0 saturated carbocycles. The Balaban J connectivity index is 1.77. The number of carbonyl (C=O) groups is 1. The summed E-state index contributed by atoms with van der Waals surface area (Å²) in [4.78, 5) is 20.9. The third-order valence-corrected chi connectivity index (χ3v) is 6.04. The number of anilines is 1. The molecule has 9 heteroatoms. The van der Waals surface area contributed by atoms with Crippen LogP contribution < -0.4 is 5.32 Å². The molecule has 0 spiro atoms. The van der Waals surface area contributed by atoms with Crippen LogP contribution in [0, 0.1) is 0 Å². The van der Waals surface area contributed by atoms with Gasteiger partial charge in [-0.25, -0.2) is 22.7 Å². The van der Waals surface area contributed by atoms with Crippen molar-refractivity contribution in [1.29, 1.82) is 0 Å². The normalized spacial score (nSPS) is 11.9. The van der Waals surface area contributed by atoms with Crippen LogP contribution in [0.1, 0.15) is 12.2 Å². The molecule has 27 heavy (non-hydrogen) atoms. The lowest BCUT2D eigenvalue weighted by Gasteiger charge is -2.10. The van der Waals surface area contributed by atoms with Crippen LogP contribution in [0.5, 0.6) is 0 Å². The first kappa shape index (κ1) is 19.0. The summed E-state index contributed by atoms with van der Waals surface area (Å²) >= 11 is 0. The molecule has 2 heterocycles. The second kappa shape index (κ2) is 7.45. The van der Waals surface area contributed by atoms with E-state index in [1.165, 1.54) is 18.4 Å². The van der Waals surface area contributed by atoms with Crippen LogP contribution in [-0.2, 0) is 28.3 Å². The first-order chi connectivity index (χ1) is 12.8. The van der Waals surface area contributed by atoms with Crippen LogP contribution in [0.3, 0.4) is 0 Å². The number of aromatic nitrogens is 3. The molecule has 1 aromatic carbocycles. The summed E-state index contributed by atoms with van der Waals surface area (Å²) in [5.74, 6) is 1.06. The second-order valence-electron chi connectivity index (χ2n) is 6.29. The van der Waals surface area contributed by atoms with E-state index < -0.39 is 10.0 Å². The Labute approximate surface area is 157 Å². The standard InChI is InChI=1S/C18H21N5O3S/c1-22(2)27(25,26)13-7-8-15-14(12-13)20-17(23(15)3)9-10-18(24)21-16-6-4-5-11-19-16/h4-8,11-12H,9-10H2,1-3H3,(H,19,21,24). The van der Waals surface area contributed by atoms with Gasteiger partial charge in [0.25, 0.3) is 0 Å². The van der Waals surface area contributed by atoms with Crippen molar-refractivity contribution in [3.63, 3.8) is 0 Å². The zero-order chi connectivity index (χ0) is 19.6. The molecule has 3 rings (SSSR count). The SMILES string of the molecule is CN(C)S(=O)(=O)c1ccc2c(c1)nc(CCC(=O)Nc1ccccn1)n2C. The third-order valence-electron chi connectivity index (χ3n) is 4.23. The molecule has 0 aliphatic heterocycles. The van der Waals surface area contributed by atoms with Gasteiger partial charge in [0.2, 0.25) is 15.9 Å². The molecular formula is C18H21N5O3S. The van der Waals surface area contributed by atoms with Crippen LogP contribution in [0.15, 0.2) is 47.5 Å². The maximum atomic E-state index is 12.3. The second-order valence-corrected chi connectivity index (χ2v) is 8.44. The van der Waals surface area contributed by atoms with E-state index in [-0.39, 0.29) is 17.2 Å². The van der Waals surface area contributed by atoms with Crippen LogP contribution in [0.2, 0.25) is 0 Å². The largest absolute Gasteiger partial charge is 0.331 e. The van der Waals surface area contributed by atoms with Gasteiger partial charge in [-0.3, -0.25) is 4.79 Å². The highest BCUT2D eigenvalue weighted by Crippen LogP contribution is 2.22. The molecule has 0 aliphatic rings. The minimum atomic E-state index is -3.52. The van der Waals surface area contributed by atoms with E-state index in [2.05, 4.69) is 15.3 Å². The summed E-state index contributed by atoms with van der Waals surface area (Å²) in [6, 6.07) is 10.2. The quantitative estimate of drug-likeness (QED) is 0.695. The average molecular weight is 387 g/mol. The van der Waals surface area contributed by atoms with Crippen molar-refractivity contribution in [2.24, 2.45) is 7.05 Å². The van der Waals surface area contributed by atoms with Gasteiger partial charge in [0.15, 0.2) is 0 Å². The Bertz CT molecular complexity index is 1080. The van der Waals surface area contributed by atoms with Crippen LogP contribution in [-0.4, -0.2) is 47.3 Å². The van der Waals surface area contributed by atoms with Crippen molar-refractivity contribution in [3.05, 3.63) is 48.4 Å². The van der Waals surface area contributed by atoms with Gasteiger partial charge >= 0.3 is 0 Å². The van der Waals surface area contributed by atoms with Crippen molar-refractivity contribution in [2.45, 2.75) is 17.7 Å². The monoisotopic (exact) mass is 387 g/mol. The summed E-state index contributed by atoms with van der Waals surface area (Å²) in [6.07, 6.45) is 2.29. The molecule has 0 bridgehead atoms. The van der Waals surface area contributed by atoms with E-state index in [9.17, 15) is 13.2 Å². The molecule has 0 unspecified atom stereocenters. The number of pyridine rings is 1. The summed E-state index contributed by atoms with van der Waals surface area (Å²) in [6.45, 7) is 0. The summed E-state index contributed by atoms with van der Waals surface area (Å²) < 4.78 is 27.6. The molecule has 142 valence electrons. The van der Waals surface area contributed by atoms with E-state index in [0.29, 0.717) is 23.6 Å². The lowest BCUT2D eigenvalue weighted by molar-refractivity contribution is -0.116. The van der Waals surface area contributed by atoms with Gasteiger partial charge in [0.1, 0.15) is 11.6 Å². The first-order valence-electron chi connectivity index (χ1n) is 8.38. The van der Waals surface area contributed by atoms with Gasteiger partial charge in [0, 0.05) is 40.2 Å². The Morgan fingerprint density at radius 3 is 2.67 bits per heavy atom. The highest BCUT2D eigenvalue weighted by molar-refractivity contribution is 7.89. The van der Waals surface area contributed by atoms with Gasteiger partial charge < -0.3 is 9.88 Å². The lowest BCUT2D eigenvalue weighted by Crippen LogP contribution is -2.22. The number of fused-ring (bicyclic) bond motifs is 1. The third kappa shape index (κ3) is 3.99. The maximum Gasteiger partial charge on any atom is 0.242 e. The fourth-order valence-electron chi connectivity index (χ4n) is 2.69. The van der Waals surface area contributed by atoms with Crippen LogP contribution in [0.25, 0.3) is 11.0 Å². The molecule has 8 nitrogen and oxygen atoms in total. The molecular weight excluding hydrogens is 366 g/mol. The van der Waals surface area contributed by atoms with E-state index in [1.807, 2.05) is 11.6 Å². The summed E-state index contributed by atoms with van der Waals surface area (Å²) in [7, 11) is 1.31. The van der Waals surface area contributed by atoms with Crippen LogP contribution in [0.4, 0.5) is 5.82 Å². The van der Waals surface area contributed by atoms with Crippen molar-refractivity contribution in [2.75, 3.05) is 19.4 Å². The van der Waals surface area contributed by atoms with Crippen LogP contribution >= 0.6 is 0 Å². The Morgan fingerprint density at radius 2 is 2.00 bits per heavy atom. The van der Waals surface area contributed by atoms with E-state index in [0.717, 1.165) is 5.52 Å². The van der Waals surface area contributed by atoms with Crippen molar-refractivity contribution in [3.8, 4) is 0 Å². The van der Waals surface area contributed by atoms with Crippen molar-refractivity contribution >= 4 is 32.8 Å². The van der Waals surface area contributed by atoms with E-state index in [4.69, 9.17) is 0 Å². The van der Waals surface area contributed by atoms with Gasteiger partial charge in [-0.2, -0.15) is 0 Å². The van der Waals surface area contributed by atoms with E-state index >= 15 is 0 Å². The minimum absolute atomic E-state index is 0.156. The number of nitrogens with zero attached hydrogens (tertiary/aromatic N) is 4. The number of amides is 1. The number of benzene rings is 1. The number of rotatable bonds is 6. The molecule has 0 aliphatic carbocycles. The Hall–Kier alpha value is -2.78. The van der Waals surface area contributed by atoms with Gasteiger partial charge in [-0.1, -0.05) is 6.07 Å². The Kier molecular flexibility index (Phi) is 5.24. The van der Waals surface area contributed by atoms with Gasteiger partial charge in [0.05, 0.1) is 15.9 Å². The van der Waals surface area contributed by atoms with Crippen molar-refractivity contribution in [1.82, 2.24) is 18.8 Å². The fourth-order valence-corrected chi connectivity index (χ4v) is 3.61. The maximum absolute atomic E-state index is 12.3. The predicted molar refractivity (Wildman–Crippen MR) is 103 cm³/mol. The average Bonchev–Trinajstić information content (AvgIpc) is 2.96. The molecule has 0 fully saturated rings. The predicted octanol–water partition coefficient (Wildman–Crippen LogP) is 1.79. The number of carbonyl (C=O) groups excluding carboxylic acids is 1. The summed E-state index contributed by atoms with van der Waals surface area (Å²) in [5, 5.41) is 2.73. The zero-order valence-electron chi connectivity index (χ0n) is 15.4. The molecule has 3 aromatic rings. The topological polar surface area (TPSA) is 97.2 Å². The highest BCUT2D eigenvalue weighted by Gasteiger charge is 2.19. The number of hydrogen-bond donors (Lipinski definition) is 1. The smallest absolute Gasteiger partial charge is 0.242 e. The Morgan fingerprint density at radius 1 is 1.22 bits per heavy atom. The van der Waals surface area contributed by atoms with Crippen molar-refractivity contribution < 1.29 is 13.2 Å². The number of sulfonamides is 1. The highest BCUT2D eigenvalue weighted by atomic mass is 32.2. The number of nitrogens with one attached hydrogen (secondary N) is 1. The molecule has 2 aromatic heterocycles. The number of aryl methyl sites for hydroxylation is 2. The first-order valence-corrected chi connectivity index (χ1v) is 9.82. The lowest BCUT2D eigenvalue weighted by atomic mass is 10.3. The number of imidazole rings is 1. The molecule has 0 atom stereocenters.